The molecule has 1 unspecified atom stereocenters. The summed E-state index contributed by atoms with van der Waals surface area (Å²) >= 11 is 0. The quantitative estimate of drug-likeness (QED) is 0.646. The Balaban J connectivity index is 2.05. The maximum Gasteiger partial charge on any atom is 0.0599 e. The van der Waals surface area contributed by atoms with Crippen LogP contribution >= 0.6 is 0 Å². The number of aliphatic hydroxyl groups excluding tert-OH is 1. The van der Waals surface area contributed by atoms with Crippen molar-refractivity contribution in [2.75, 3.05) is 26.3 Å². The number of aliphatic hydroxyl groups is 1. The van der Waals surface area contributed by atoms with Gasteiger partial charge in [0, 0.05) is 12.5 Å². The first-order valence-corrected chi connectivity index (χ1v) is 4.76. The van der Waals surface area contributed by atoms with Gasteiger partial charge in [0.05, 0.1) is 12.7 Å². The Morgan fingerprint density at radius 2 is 2.17 bits per heavy atom. The summed E-state index contributed by atoms with van der Waals surface area (Å²) in [5, 5.41) is 12.1. The molecule has 72 valence electrons. The Bertz CT molecular complexity index is 113. The van der Waals surface area contributed by atoms with Crippen molar-refractivity contribution in [3.63, 3.8) is 0 Å². The summed E-state index contributed by atoms with van der Waals surface area (Å²) in [5.41, 5.74) is 0. The molecule has 1 saturated heterocycles. The highest BCUT2D eigenvalue weighted by Gasteiger charge is 2.13. The fraction of sp³-hybridized carbons (Fsp3) is 1.00. The number of ether oxygens (including phenoxy) is 1. The smallest absolute Gasteiger partial charge is 0.0599 e. The first kappa shape index (κ1) is 9.96. The number of rotatable bonds is 4. The van der Waals surface area contributed by atoms with Crippen LogP contribution in [0.15, 0.2) is 0 Å². The van der Waals surface area contributed by atoms with Crippen molar-refractivity contribution in [2.24, 2.45) is 5.92 Å². The lowest BCUT2D eigenvalue weighted by atomic mass is 10.1. The van der Waals surface area contributed by atoms with Gasteiger partial charge in [-0.05, 0) is 25.9 Å². The second kappa shape index (κ2) is 5.51. The molecule has 0 aromatic carbocycles. The molecular formula is C9H19NO2. The van der Waals surface area contributed by atoms with E-state index in [-0.39, 0.29) is 12.5 Å². The van der Waals surface area contributed by atoms with Crippen LogP contribution < -0.4 is 5.32 Å². The van der Waals surface area contributed by atoms with Crippen molar-refractivity contribution in [1.82, 2.24) is 5.32 Å². The second-order valence-corrected chi connectivity index (χ2v) is 3.57. The zero-order valence-electron chi connectivity index (χ0n) is 7.75. The monoisotopic (exact) mass is 173 g/mol. The van der Waals surface area contributed by atoms with Gasteiger partial charge in [0.1, 0.15) is 0 Å². The van der Waals surface area contributed by atoms with E-state index in [1.54, 1.807) is 0 Å². The summed E-state index contributed by atoms with van der Waals surface area (Å²) in [6.45, 7) is 5.06. The Kier molecular flexibility index (Phi) is 4.58. The highest BCUT2D eigenvalue weighted by molar-refractivity contribution is 4.68. The topological polar surface area (TPSA) is 41.5 Å². The molecule has 12 heavy (non-hydrogen) atoms. The molecule has 0 amide bonds. The van der Waals surface area contributed by atoms with Crippen LogP contribution in [0.4, 0.5) is 0 Å². The van der Waals surface area contributed by atoms with Crippen LogP contribution in [0, 0.1) is 5.92 Å². The van der Waals surface area contributed by atoms with Gasteiger partial charge in [-0.1, -0.05) is 6.92 Å². The summed E-state index contributed by atoms with van der Waals surface area (Å²) in [7, 11) is 0. The molecule has 0 spiro atoms. The van der Waals surface area contributed by atoms with Gasteiger partial charge < -0.3 is 15.2 Å². The predicted octanol–water partition coefficient (Wildman–Crippen LogP) is 0.383. The molecule has 1 atom stereocenters. The lowest BCUT2D eigenvalue weighted by Crippen LogP contribution is -2.33. The maximum absolute atomic E-state index is 8.77. The molecule has 1 heterocycles. The van der Waals surface area contributed by atoms with Gasteiger partial charge in [0.25, 0.3) is 0 Å². The Morgan fingerprint density at radius 1 is 1.50 bits per heavy atom. The van der Waals surface area contributed by atoms with Crippen LogP contribution in [-0.4, -0.2) is 37.5 Å². The lowest BCUT2D eigenvalue weighted by Gasteiger charge is -2.24. The van der Waals surface area contributed by atoms with Crippen molar-refractivity contribution >= 4 is 0 Å². The van der Waals surface area contributed by atoms with Gasteiger partial charge in [0.15, 0.2) is 0 Å². The van der Waals surface area contributed by atoms with E-state index in [0.717, 1.165) is 25.9 Å². The Morgan fingerprint density at radius 3 is 2.75 bits per heavy atom. The molecule has 1 fully saturated rings. The molecule has 0 aromatic rings. The third kappa shape index (κ3) is 3.52. The van der Waals surface area contributed by atoms with Crippen molar-refractivity contribution in [1.29, 1.82) is 0 Å². The zero-order chi connectivity index (χ0) is 8.81. The molecule has 0 bridgehead atoms. The molecular weight excluding hydrogens is 154 g/mol. The summed E-state index contributed by atoms with van der Waals surface area (Å²) in [5.74, 6) is 0.278. The maximum atomic E-state index is 8.77. The van der Waals surface area contributed by atoms with Crippen LogP contribution in [0.25, 0.3) is 0 Å². The average Bonchev–Trinajstić information content (AvgIpc) is 2.16. The lowest BCUT2D eigenvalue weighted by molar-refractivity contribution is 0.00450. The fourth-order valence-electron chi connectivity index (χ4n) is 1.32. The van der Waals surface area contributed by atoms with E-state index in [2.05, 4.69) is 5.32 Å². The van der Waals surface area contributed by atoms with Gasteiger partial charge in [-0.3, -0.25) is 0 Å². The standard InChI is InChI=1S/C9H19NO2/c1-8(6-11)7-12-9-2-4-10-5-3-9/h8-11H,2-7H2,1H3. The molecule has 2 N–H and O–H groups in total. The third-order valence-corrected chi connectivity index (χ3v) is 2.21. The van der Waals surface area contributed by atoms with Crippen LogP contribution in [-0.2, 0) is 4.74 Å². The minimum atomic E-state index is 0.227. The van der Waals surface area contributed by atoms with Gasteiger partial charge in [0.2, 0.25) is 0 Å². The Hall–Kier alpha value is -0.120. The number of nitrogens with one attached hydrogen (secondary N) is 1. The van der Waals surface area contributed by atoms with Gasteiger partial charge >= 0.3 is 0 Å². The van der Waals surface area contributed by atoms with E-state index in [0.29, 0.717) is 12.7 Å². The molecule has 1 rings (SSSR count). The van der Waals surface area contributed by atoms with Gasteiger partial charge in [-0.25, -0.2) is 0 Å². The molecule has 1 aliphatic rings. The summed E-state index contributed by atoms with van der Waals surface area (Å²) in [6.07, 6.45) is 2.64. The Labute approximate surface area is 74.1 Å². The molecule has 0 radical (unpaired) electrons. The molecule has 3 heteroatoms. The highest BCUT2D eigenvalue weighted by Crippen LogP contribution is 2.08. The van der Waals surface area contributed by atoms with Crippen molar-refractivity contribution in [2.45, 2.75) is 25.9 Å². The number of hydrogen-bond donors (Lipinski definition) is 2. The predicted molar refractivity (Wildman–Crippen MR) is 48.1 cm³/mol. The summed E-state index contributed by atoms with van der Waals surface area (Å²) in [6, 6.07) is 0. The van der Waals surface area contributed by atoms with E-state index >= 15 is 0 Å². The van der Waals surface area contributed by atoms with E-state index in [1.165, 1.54) is 0 Å². The normalized spacial score (nSPS) is 22.5. The minimum absolute atomic E-state index is 0.227. The van der Waals surface area contributed by atoms with Crippen molar-refractivity contribution in [3.05, 3.63) is 0 Å². The van der Waals surface area contributed by atoms with Crippen LogP contribution in [0.1, 0.15) is 19.8 Å². The fourth-order valence-corrected chi connectivity index (χ4v) is 1.32. The average molecular weight is 173 g/mol. The van der Waals surface area contributed by atoms with Crippen molar-refractivity contribution in [3.8, 4) is 0 Å². The van der Waals surface area contributed by atoms with Crippen LogP contribution in [0.3, 0.4) is 0 Å². The van der Waals surface area contributed by atoms with E-state index < -0.39 is 0 Å². The summed E-state index contributed by atoms with van der Waals surface area (Å²) in [4.78, 5) is 0. The van der Waals surface area contributed by atoms with E-state index in [4.69, 9.17) is 9.84 Å². The first-order valence-electron chi connectivity index (χ1n) is 4.76. The van der Waals surface area contributed by atoms with Gasteiger partial charge in [-0.2, -0.15) is 0 Å². The van der Waals surface area contributed by atoms with E-state index in [1.807, 2.05) is 6.92 Å². The molecule has 0 aromatic heterocycles. The van der Waals surface area contributed by atoms with Crippen LogP contribution in [0.2, 0.25) is 0 Å². The summed E-state index contributed by atoms with van der Waals surface area (Å²) < 4.78 is 5.64. The number of piperidine rings is 1. The SMILES string of the molecule is CC(CO)COC1CCNCC1. The molecule has 0 saturated carbocycles. The highest BCUT2D eigenvalue weighted by atomic mass is 16.5. The zero-order valence-corrected chi connectivity index (χ0v) is 7.75. The minimum Gasteiger partial charge on any atom is -0.396 e. The molecule has 3 nitrogen and oxygen atoms in total. The van der Waals surface area contributed by atoms with Gasteiger partial charge in [-0.15, -0.1) is 0 Å². The molecule has 0 aliphatic carbocycles. The van der Waals surface area contributed by atoms with E-state index in [9.17, 15) is 0 Å². The first-order chi connectivity index (χ1) is 5.83. The second-order valence-electron chi connectivity index (χ2n) is 3.57. The van der Waals surface area contributed by atoms with Crippen molar-refractivity contribution < 1.29 is 9.84 Å². The largest absolute Gasteiger partial charge is 0.396 e. The van der Waals surface area contributed by atoms with Crippen LogP contribution in [0.5, 0.6) is 0 Å². The third-order valence-electron chi connectivity index (χ3n) is 2.21. The molecule has 1 aliphatic heterocycles. The number of hydrogen-bond acceptors (Lipinski definition) is 3.